The van der Waals surface area contributed by atoms with Gasteiger partial charge in [-0.05, 0) is 17.7 Å². The van der Waals surface area contributed by atoms with Crippen molar-refractivity contribution in [3.63, 3.8) is 0 Å². The number of aromatic nitrogens is 1. The summed E-state index contributed by atoms with van der Waals surface area (Å²) in [4.78, 5) is 6.39. The van der Waals surface area contributed by atoms with Gasteiger partial charge in [0.15, 0.2) is 0 Å². The average Bonchev–Trinajstić information content (AvgIpc) is 2.81. The predicted molar refractivity (Wildman–Crippen MR) is 73.6 cm³/mol. The molecule has 3 nitrogen and oxygen atoms in total. The molecule has 2 aromatic rings. The van der Waals surface area contributed by atoms with Gasteiger partial charge in [-0.2, -0.15) is 0 Å². The molecule has 0 aliphatic rings. The smallest absolute Gasteiger partial charge is 0.0795 e. The van der Waals surface area contributed by atoms with Crippen LogP contribution in [0.3, 0.4) is 0 Å². The molecule has 0 saturated carbocycles. The second-order valence-corrected chi connectivity index (χ2v) is 4.97. The zero-order valence-corrected chi connectivity index (χ0v) is 11.1. The number of hydrogen-bond donors (Lipinski definition) is 1. The van der Waals surface area contributed by atoms with Crippen LogP contribution in [0.15, 0.2) is 29.1 Å². The fourth-order valence-electron chi connectivity index (χ4n) is 1.71. The lowest BCUT2D eigenvalue weighted by Gasteiger charge is -2.21. The van der Waals surface area contributed by atoms with Crippen molar-refractivity contribution in [2.24, 2.45) is 5.73 Å². The molecule has 1 aromatic heterocycles. The number of hydrogen-bond acceptors (Lipinski definition) is 4. The van der Waals surface area contributed by atoms with Crippen LogP contribution in [0.1, 0.15) is 11.3 Å². The molecule has 17 heavy (non-hydrogen) atoms. The molecule has 0 spiro atoms. The zero-order chi connectivity index (χ0) is 12.3. The van der Waals surface area contributed by atoms with Gasteiger partial charge in [-0.15, -0.1) is 11.3 Å². The van der Waals surface area contributed by atoms with Crippen LogP contribution in [0.5, 0.6) is 0 Å². The van der Waals surface area contributed by atoms with E-state index in [9.17, 15) is 0 Å². The molecule has 0 unspecified atom stereocenters. The topological polar surface area (TPSA) is 42.2 Å². The van der Waals surface area contributed by atoms with E-state index in [1.54, 1.807) is 11.3 Å². The quantitative estimate of drug-likeness (QED) is 0.926. The highest BCUT2D eigenvalue weighted by atomic mass is 35.5. The molecule has 2 rings (SSSR count). The van der Waals surface area contributed by atoms with E-state index in [-0.39, 0.29) is 0 Å². The van der Waals surface area contributed by atoms with Crippen molar-refractivity contribution >= 4 is 28.6 Å². The summed E-state index contributed by atoms with van der Waals surface area (Å²) in [7, 11) is 2.02. The Morgan fingerprint density at radius 2 is 2.29 bits per heavy atom. The lowest BCUT2D eigenvalue weighted by atomic mass is 10.1. The van der Waals surface area contributed by atoms with Crippen molar-refractivity contribution in [3.05, 3.63) is 45.4 Å². The van der Waals surface area contributed by atoms with Gasteiger partial charge in [0, 0.05) is 29.7 Å². The Hall–Kier alpha value is -1.10. The Labute approximate surface area is 110 Å². The molecule has 0 radical (unpaired) electrons. The normalized spacial score (nSPS) is 10.5. The van der Waals surface area contributed by atoms with Crippen molar-refractivity contribution in [3.8, 4) is 0 Å². The predicted octanol–water partition coefficient (Wildman–Crippen LogP) is 2.89. The lowest BCUT2D eigenvalue weighted by Crippen LogP contribution is -2.19. The highest BCUT2D eigenvalue weighted by Crippen LogP contribution is 2.25. The largest absolute Gasteiger partial charge is 0.368 e. The standard InChI is InChI=1S/C12H14ClN3S/c1-16(6-11-7-17-8-15-11)12-4-10(13)3-2-9(12)5-14/h2-4,7-8H,5-6,14H2,1H3. The summed E-state index contributed by atoms with van der Waals surface area (Å²) in [6.07, 6.45) is 0. The molecule has 90 valence electrons. The van der Waals surface area contributed by atoms with Gasteiger partial charge < -0.3 is 10.6 Å². The fourth-order valence-corrected chi connectivity index (χ4v) is 2.42. The van der Waals surface area contributed by atoms with E-state index in [0.717, 1.165) is 28.5 Å². The summed E-state index contributed by atoms with van der Waals surface area (Å²) in [5.74, 6) is 0. The van der Waals surface area contributed by atoms with Gasteiger partial charge in [0.05, 0.1) is 17.7 Å². The number of rotatable bonds is 4. The van der Waals surface area contributed by atoms with Crippen LogP contribution in [0, 0.1) is 0 Å². The number of nitrogens with zero attached hydrogens (tertiary/aromatic N) is 2. The number of thiazole rings is 1. The van der Waals surface area contributed by atoms with Crippen LogP contribution >= 0.6 is 22.9 Å². The number of nitrogens with two attached hydrogens (primary N) is 1. The lowest BCUT2D eigenvalue weighted by molar-refractivity contribution is 0.880. The van der Waals surface area contributed by atoms with E-state index in [1.165, 1.54) is 0 Å². The Balaban J connectivity index is 2.23. The third-order valence-corrected chi connectivity index (χ3v) is 3.43. The molecule has 0 aliphatic carbocycles. The molecule has 0 fully saturated rings. The summed E-state index contributed by atoms with van der Waals surface area (Å²) >= 11 is 7.62. The summed E-state index contributed by atoms with van der Waals surface area (Å²) in [6, 6.07) is 5.77. The maximum absolute atomic E-state index is 6.02. The molecular formula is C12H14ClN3S. The van der Waals surface area contributed by atoms with E-state index >= 15 is 0 Å². The van der Waals surface area contributed by atoms with Crippen molar-refractivity contribution in [2.75, 3.05) is 11.9 Å². The Morgan fingerprint density at radius 3 is 2.94 bits per heavy atom. The molecule has 1 heterocycles. The van der Waals surface area contributed by atoms with Crippen LogP contribution in [-0.4, -0.2) is 12.0 Å². The minimum absolute atomic E-state index is 0.508. The molecule has 2 N–H and O–H groups in total. The number of anilines is 1. The first-order valence-electron chi connectivity index (χ1n) is 5.27. The summed E-state index contributed by atoms with van der Waals surface area (Å²) < 4.78 is 0. The van der Waals surface area contributed by atoms with Crippen molar-refractivity contribution in [1.82, 2.24) is 4.98 Å². The molecule has 1 aromatic carbocycles. The van der Waals surface area contributed by atoms with Crippen molar-refractivity contribution < 1.29 is 0 Å². The summed E-state index contributed by atoms with van der Waals surface area (Å²) in [5.41, 5.74) is 10.8. The molecule has 0 aliphatic heterocycles. The van der Waals surface area contributed by atoms with Crippen molar-refractivity contribution in [2.45, 2.75) is 13.1 Å². The van der Waals surface area contributed by atoms with Crippen LogP contribution in [-0.2, 0) is 13.1 Å². The van der Waals surface area contributed by atoms with E-state index in [4.69, 9.17) is 17.3 Å². The van der Waals surface area contributed by atoms with Crippen LogP contribution < -0.4 is 10.6 Å². The maximum Gasteiger partial charge on any atom is 0.0795 e. The first kappa shape index (κ1) is 12.4. The van der Waals surface area contributed by atoms with E-state index in [1.807, 2.05) is 36.1 Å². The molecule has 0 atom stereocenters. The minimum atomic E-state index is 0.508. The van der Waals surface area contributed by atoms with Crippen LogP contribution in [0.25, 0.3) is 0 Å². The van der Waals surface area contributed by atoms with Gasteiger partial charge in [-0.25, -0.2) is 4.98 Å². The van der Waals surface area contributed by atoms with Gasteiger partial charge >= 0.3 is 0 Å². The van der Waals surface area contributed by atoms with E-state index < -0.39 is 0 Å². The first-order valence-corrected chi connectivity index (χ1v) is 6.59. The van der Waals surface area contributed by atoms with Crippen LogP contribution in [0.2, 0.25) is 5.02 Å². The van der Waals surface area contributed by atoms with Crippen molar-refractivity contribution in [1.29, 1.82) is 0 Å². The molecular weight excluding hydrogens is 254 g/mol. The Kier molecular flexibility index (Phi) is 3.99. The highest BCUT2D eigenvalue weighted by molar-refractivity contribution is 7.07. The molecule has 0 amide bonds. The fraction of sp³-hybridized carbons (Fsp3) is 0.250. The third kappa shape index (κ3) is 2.97. The van der Waals surface area contributed by atoms with Gasteiger partial charge in [0.25, 0.3) is 0 Å². The minimum Gasteiger partial charge on any atom is -0.368 e. The molecule has 5 heteroatoms. The molecule has 0 saturated heterocycles. The summed E-state index contributed by atoms with van der Waals surface area (Å²) in [6.45, 7) is 1.27. The van der Waals surface area contributed by atoms with Gasteiger partial charge in [-0.3, -0.25) is 0 Å². The third-order valence-electron chi connectivity index (χ3n) is 2.56. The number of halogens is 1. The SMILES string of the molecule is CN(Cc1cscn1)c1cc(Cl)ccc1CN. The summed E-state index contributed by atoms with van der Waals surface area (Å²) in [5, 5.41) is 2.77. The van der Waals surface area contributed by atoms with Crippen LogP contribution in [0.4, 0.5) is 5.69 Å². The first-order chi connectivity index (χ1) is 8.20. The Bertz CT molecular complexity index is 485. The number of benzene rings is 1. The van der Waals surface area contributed by atoms with E-state index in [2.05, 4.69) is 9.88 Å². The maximum atomic E-state index is 6.02. The zero-order valence-electron chi connectivity index (χ0n) is 9.56. The Morgan fingerprint density at radius 1 is 1.47 bits per heavy atom. The molecule has 0 bridgehead atoms. The van der Waals surface area contributed by atoms with Gasteiger partial charge in [0.1, 0.15) is 0 Å². The van der Waals surface area contributed by atoms with E-state index in [0.29, 0.717) is 6.54 Å². The second-order valence-electron chi connectivity index (χ2n) is 3.81. The van der Waals surface area contributed by atoms with Gasteiger partial charge in [0.2, 0.25) is 0 Å². The second kappa shape index (κ2) is 5.49. The average molecular weight is 268 g/mol. The van der Waals surface area contributed by atoms with Gasteiger partial charge in [-0.1, -0.05) is 17.7 Å². The highest BCUT2D eigenvalue weighted by Gasteiger charge is 2.08. The monoisotopic (exact) mass is 267 g/mol.